The number of nitrogens with one attached hydrogen (secondary N) is 1. The van der Waals surface area contributed by atoms with Gasteiger partial charge in [0.15, 0.2) is 5.96 Å². The molecule has 1 aliphatic rings. The van der Waals surface area contributed by atoms with Crippen LogP contribution in [0.3, 0.4) is 0 Å². The highest BCUT2D eigenvalue weighted by molar-refractivity contribution is 8.00. The number of hydrogen-bond donors (Lipinski definition) is 1. The summed E-state index contributed by atoms with van der Waals surface area (Å²) in [5, 5.41) is 4.24. The zero-order chi connectivity index (χ0) is 14.4. The number of rotatable bonds is 3. The van der Waals surface area contributed by atoms with Crippen LogP contribution in [0.25, 0.3) is 0 Å². The highest BCUT2D eigenvalue weighted by Gasteiger charge is 2.21. The van der Waals surface area contributed by atoms with Crippen LogP contribution in [0.2, 0.25) is 0 Å². The summed E-state index contributed by atoms with van der Waals surface area (Å²) >= 11 is 2.09. The summed E-state index contributed by atoms with van der Waals surface area (Å²) in [7, 11) is 1.88. The normalized spacial score (nSPS) is 20.1. The van der Waals surface area contributed by atoms with Crippen molar-refractivity contribution in [3.05, 3.63) is 35.4 Å². The zero-order valence-electron chi connectivity index (χ0n) is 12.7. The van der Waals surface area contributed by atoms with Crippen LogP contribution in [0.1, 0.15) is 24.5 Å². The average Bonchev–Trinajstić information content (AvgIpc) is 2.50. The van der Waals surface area contributed by atoms with Crippen LogP contribution in [0.15, 0.2) is 29.3 Å². The van der Waals surface area contributed by atoms with Gasteiger partial charge in [0, 0.05) is 37.7 Å². The van der Waals surface area contributed by atoms with Crippen LogP contribution in [-0.4, -0.2) is 42.0 Å². The molecular formula is C16H25N3S. The third-order valence-electron chi connectivity index (χ3n) is 3.80. The van der Waals surface area contributed by atoms with Crippen LogP contribution >= 0.6 is 11.8 Å². The molecule has 1 atom stereocenters. The van der Waals surface area contributed by atoms with Gasteiger partial charge in [-0.15, -0.1) is 0 Å². The number of aryl methyl sites for hydroxylation is 1. The number of hydrogen-bond acceptors (Lipinski definition) is 2. The standard InChI is InChI=1S/C16H25N3S/c1-4-15-12-19(9-10-20-15)16(17-3)18-11-14-8-6-5-7-13(14)2/h5-8,15H,4,9-12H2,1-3H3,(H,17,18). The molecule has 1 aromatic carbocycles. The van der Waals surface area contributed by atoms with Crippen LogP contribution in [0.5, 0.6) is 0 Å². The summed E-state index contributed by atoms with van der Waals surface area (Å²) in [5.74, 6) is 2.23. The van der Waals surface area contributed by atoms with Gasteiger partial charge in [-0.25, -0.2) is 0 Å². The van der Waals surface area contributed by atoms with E-state index >= 15 is 0 Å². The highest BCUT2D eigenvalue weighted by Crippen LogP contribution is 2.21. The number of thioether (sulfide) groups is 1. The van der Waals surface area contributed by atoms with Gasteiger partial charge in [0.2, 0.25) is 0 Å². The van der Waals surface area contributed by atoms with E-state index in [1.165, 1.54) is 23.3 Å². The molecule has 1 unspecified atom stereocenters. The summed E-state index contributed by atoms with van der Waals surface area (Å²) in [4.78, 5) is 6.84. The van der Waals surface area contributed by atoms with Gasteiger partial charge in [0.25, 0.3) is 0 Å². The first-order valence-corrected chi connectivity index (χ1v) is 8.41. The fraction of sp³-hybridized carbons (Fsp3) is 0.562. The molecule has 1 aromatic rings. The molecule has 0 saturated carbocycles. The largest absolute Gasteiger partial charge is 0.352 e. The van der Waals surface area contributed by atoms with Gasteiger partial charge in [-0.2, -0.15) is 11.8 Å². The molecule has 1 aliphatic heterocycles. The number of nitrogens with zero attached hydrogens (tertiary/aromatic N) is 2. The van der Waals surface area contributed by atoms with Gasteiger partial charge in [-0.3, -0.25) is 4.99 Å². The molecule has 0 amide bonds. The van der Waals surface area contributed by atoms with E-state index in [1.54, 1.807) is 0 Å². The van der Waals surface area contributed by atoms with Crippen LogP contribution in [0, 0.1) is 6.92 Å². The first-order valence-electron chi connectivity index (χ1n) is 7.36. The molecule has 1 N–H and O–H groups in total. The molecule has 1 heterocycles. The summed E-state index contributed by atoms with van der Waals surface area (Å²) in [6.45, 7) is 7.47. The van der Waals surface area contributed by atoms with Crippen molar-refractivity contribution >= 4 is 17.7 Å². The quantitative estimate of drug-likeness (QED) is 0.685. The monoisotopic (exact) mass is 291 g/mol. The molecule has 0 spiro atoms. The smallest absolute Gasteiger partial charge is 0.193 e. The third-order valence-corrected chi connectivity index (χ3v) is 5.18. The Kier molecular flexibility index (Phi) is 5.77. The zero-order valence-corrected chi connectivity index (χ0v) is 13.5. The van der Waals surface area contributed by atoms with Crippen molar-refractivity contribution in [1.29, 1.82) is 0 Å². The minimum atomic E-state index is 0.737. The van der Waals surface area contributed by atoms with Crippen molar-refractivity contribution in [2.75, 3.05) is 25.9 Å². The van der Waals surface area contributed by atoms with Gasteiger partial charge in [0.05, 0.1) is 0 Å². The Bertz CT molecular complexity index is 459. The second kappa shape index (κ2) is 7.58. The van der Waals surface area contributed by atoms with E-state index in [0.29, 0.717) is 0 Å². The van der Waals surface area contributed by atoms with Crippen LogP contribution in [-0.2, 0) is 6.54 Å². The fourth-order valence-electron chi connectivity index (χ4n) is 2.47. The van der Waals surface area contributed by atoms with Crippen LogP contribution < -0.4 is 5.32 Å². The van der Waals surface area contributed by atoms with Gasteiger partial charge < -0.3 is 10.2 Å². The molecule has 1 fully saturated rings. The Morgan fingerprint density at radius 2 is 2.25 bits per heavy atom. The van der Waals surface area contributed by atoms with Crippen molar-refractivity contribution in [1.82, 2.24) is 10.2 Å². The third kappa shape index (κ3) is 3.92. The van der Waals surface area contributed by atoms with Gasteiger partial charge >= 0.3 is 0 Å². The summed E-state index contributed by atoms with van der Waals surface area (Å²) in [6.07, 6.45) is 1.23. The summed E-state index contributed by atoms with van der Waals surface area (Å²) in [6, 6.07) is 8.51. The van der Waals surface area contributed by atoms with Gasteiger partial charge in [0.1, 0.15) is 0 Å². The van der Waals surface area contributed by atoms with E-state index in [9.17, 15) is 0 Å². The topological polar surface area (TPSA) is 27.6 Å². The maximum Gasteiger partial charge on any atom is 0.193 e. The van der Waals surface area contributed by atoms with Crippen molar-refractivity contribution in [2.45, 2.75) is 32.1 Å². The molecule has 20 heavy (non-hydrogen) atoms. The predicted octanol–water partition coefficient (Wildman–Crippen LogP) is 2.90. The molecule has 0 radical (unpaired) electrons. The minimum Gasteiger partial charge on any atom is -0.352 e. The first-order chi connectivity index (χ1) is 9.74. The van der Waals surface area contributed by atoms with Crippen molar-refractivity contribution in [2.24, 2.45) is 4.99 Å². The first kappa shape index (κ1) is 15.2. The summed E-state index contributed by atoms with van der Waals surface area (Å²) in [5.41, 5.74) is 2.67. The van der Waals surface area contributed by atoms with E-state index in [1.807, 2.05) is 7.05 Å². The van der Waals surface area contributed by atoms with E-state index < -0.39 is 0 Å². The number of aliphatic imine (C=N–C) groups is 1. The molecule has 2 rings (SSSR count). The lowest BCUT2D eigenvalue weighted by atomic mass is 10.1. The lowest BCUT2D eigenvalue weighted by Crippen LogP contribution is -2.47. The minimum absolute atomic E-state index is 0.737. The average molecular weight is 291 g/mol. The van der Waals surface area contributed by atoms with E-state index in [4.69, 9.17) is 0 Å². The number of benzene rings is 1. The maximum absolute atomic E-state index is 4.45. The van der Waals surface area contributed by atoms with Crippen molar-refractivity contribution in [3.8, 4) is 0 Å². The van der Waals surface area contributed by atoms with Crippen LogP contribution in [0.4, 0.5) is 0 Å². The van der Waals surface area contributed by atoms with Crippen molar-refractivity contribution in [3.63, 3.8) is 0 Å². The molecular weight excluding hydrogens is 266 g/mol. The molecule has 4 heteroatoms. The van der Waals surface area contributed by atoms with Gasteiger partial charge in [-0.1, -0.05) is 31.2 Å². The highest BCUT2D eigenvalue weighted by atomic mass is 32.2. The maximum atomic E-state index is 4.45. The second-order valence-electron chi connectivity index (χ2n) is 5.17. The summed E-state index contributed by atoms with van der Waals surface area (Å²) < 4.78 is 0. The number of guanidine groups is 1. The molecule has 0 aromatic heterocycles. The Hall–Kier alpha value is -1.16. The molecule has 1 saturated heterocycles. The molecule has 110 valence electrons. The Balaban J connectivity index is 1.94. The van der Waals surface area contributed by atoms with E-state index in [2.05, 4.69) is 65.1 Å². The SMILES string of the molecule is CCC1CN(C(=NC)NCc2ccccc2C)CCS1. The molecule has 3 nitrogen and oxygen atoms in total. The molecule has 0 bridgehead atoms. The van der Waals surface area contributed by atoms with Crippen molar-refractivity contribution < 1.29 is 0 Å². The predicted molar refractivity (Wildman–Crippen MR) is 89.5 cm³/mol. The Labute approximate surface area is 126 Å². The lowest BCUT2D eigenvalue weighted by Gasteiger charge is -2.34. The molecule has 0 aliphatic carbocycles. The lowest BCUT2D eigenvalue weighted by molar-refractivity contribution is 0.408. The fourth-order valence-corrected chi connectivity index (χ4v) is 3.65. The Morgan fingerprint density at radius 1 is 1.45 bits per heavy atom. The van der Waals surface area contributed by atoms with E-state index in [0.717, 1.165) is 30.8 Å². The van der Waals surface area contributed by atoms with E-state index in [-0.39, 0.29) is 0 Å². The van der Waals surface area contributed by atoms with Gasteiger partial charge in [-0.05, 0) is 24.5 Å². The second-order valence-corrected chi connectivity index (χ2v) is 6.58. The Morgan fingerprint density at radius 3 is 2.95 bits per heavy atom.